The van der Waals surface area contributed by atoms with Crippen molar-refractivity contribution in [3.8, 4) is 0 Å². The molecule has 1 aromatic rings. The molecule has 3 N–H and O–H groups in total. The van der Waals surface area contributed by atoms with Gasteiger partial charge in [-0.1, -0.05) is 26.0 Å². The van der Waals surface area contributed by atoms with Crippen LogP contribution in [0.2, 0.25) is 0 Å². The average molecular weight is 252 g/mol. The summed E-state index contributed by atoms with van der Waals surface area (Å²) in [6.07, 6.45) is 3.22. The Labute approximate surface area is 109 Å². The molecule has 3 heteroatoms. The predicted octanol–water partition coefficient (Wildman–Crippen LogP) is 2.87. The molecule has 0 aliphatic carbocycles. The second kappa shape index (κ2) is 7.04. The standard InChI is InChI=1S/C14H24N2S/c1-14(2,11-15)8-9-16-10-12-4-6-13(17-3)7-5-12/h4-7,16H,8-11,15H2,1-3H3. The van der Waals surface area contributed by atoms with Crippen LogP contribution in [0.25, 0.3) is 0 Å². The van der Waals surface area contributed by atoms with Gasteiger partial charge < -0.3 is 11.1 Å². The van der Waals surface area contributed by atoms with E-state index in [-0.39, 0.29) is 5.41 Å². The molecule has 0 saturated heterocycles. The van der Waals surface area contributed by atoms with Crippen molar-refractivity contribution in [2.45, 2.75) is 31.7 Å². The van der Waals surface area contributed by atoms with Crippen LogP contribution in [-0.4, -0.2) is 19.3 Å². The fraction of sp³-hybridized carbons (Fsp3) is 0.571. The lowest BCUT2D eigenvalue weighted by Gasteiger charge is -2.22. The van der Waals surface area contributed by atoms with Gasteiger partial charge in [0.05, 0.1) is 0 Å². The van der Waals surface area contributed by atoms with Crippen molar-refractivity contribution in [2.24, 2.45) is 11.1 Å². The lowest BCUT2D eigenvalue weighted by atomic mass is 9.90. The maximum Gasteiger partial charge on any atom is 0.0205 e. The van der Waals surface area contributed by atoms with Crippen molar-refractivity contribution in [2.75, 3.05) is 19.3 Å². The topological polar surface area (TPSA) is 38.0 Å². The van der Waals surface area contributed by atoms with Crippen LogP contribution >= 0.6 is 11.8 Å². The number of hydrogen-bond donors (Lipinski definition) is 2. The van der Waals surface area contributed by atoms with E-state index in [4.69, 9.17) is 5.73 Å². The number of benzene rings is 1. The second-order valence-corrected chi connectivity index (χ2v) is 6.02. The van der Waals surface area contributed by atoms with Gasteiger partial charge in [-0.25, -0.2) is 0 Å². The van der Waals surface area contributed by atoms with Crippen molar-refractivity contribution in [1.82, 2.24) is 5.32 Å². The first-order chi connectivity index (χ1) is 8.07. The zero-order valence-electron chi connectivity index (χ0n) is 11.1. The Morgan fingerprint density at radius 3 is 2.41 bits per heavy atom. The molecule has 17 heavy (non-hydrogen) atoms. The van der Waals surface area contributed by atoms with Gasteiger partial charge in [0.25, 0.3) is 0 Å². The van der Waals surface area contributed by atoms with Crippen LogP contribution in [0.3, 0.4) is 0 Å². The molecule has 96 valence electrons. The van der Waals surface area contributed by atoms with Crippen LogP contribution in [0.15, 0.2) is 29.2 Å². The average Bonchev–Trinajstić information content (AvgIpc) is 2.35. The molecular weight excluding hydrogens is 228 g/mol. The summed E-state index contributed by atoms with van der Waals surface area (Å²) in [4.78, 5) is 1.32. The van der Waals surface area contributed by atoms with Crippen LogP contribution in [0.1, 0.15) is 25.8 Å². The Morgan fingerprint density at radius 1 is 1.24 bits per heavy atom. The number of nitrogens with one attached hydrogen (secondary N) is 1. The molecule has 0 atom stereocenters. The first-order valence-electron chi connectivity index (χ1n) is 6.11. The molecular formula is C14H24N2S. The Morgan fingerprint density at radius 2 is 1.88 bits per heavy atom. The summed E-state index contributed by atoms with van der Waals surface area (Å²) in [5.74, 6) is 0. The molecule has 0 unspecified atom stereocenters. The summed E-state index contributed by atoms with van der Waals surface area (Å²) >= 11 is 1.78. The van der Waals surface area contributed by atoms with Crippen LogP contribution in [0, 0.1) is 5.41 Å². The smallest absolute Gasteiger partial charge is 0.0205 e. The third-order valence-corrected chi connectivity index (χ3v) is 3.76. The molecule has 0 amide bonds. The van der Waals surface area contributed by atoms with Crippen molar-refractivity contribution in [3.05, 3.63) is 29.8 Å². The van der Waals surface area contributed by atoms with E-state index in [0.29, 0.717) is 0 Å². The molecule has 1 rings (SSSR count). The first kappa shape index (κ1) is 14.6. The van der Waals surface area contributed by atoms with E-state index in [0.717, 1.165) is 26.1 Å². The fourth-order valence-corrected chi connectivity index (χ4v) is 1.91. The molecule has 0 aromatic heterocycles. The molecule has 0 aliphatic rings. The van der Waals surface area contributed by atoms with E-state index in [1.165, 1.54) is 10.5 Å². The summed E-state index contributed by atoms with van der Waals surface area (Å²) in [5.41, 5.74) is 7.29. The zero-order valence-corrected chi connectivity index (χ0v) is 11.9. The molecule has 2 nitrogen and oxygen atoms in total. The van der Waals surface area contributed by atoms with E-state index < -0.39 is 0 Å². The maximum absolute atomic E-state index is 5.70. The van der Waals surface area contributed by atoms with Crippen LogP contribution < -0.4 is 11.1 Å². The van der Waals surface area contributed by atoms with Gasteiger partial charge in [-0.2, -0.15) is 0 Å². The normalized spacial score (nSPS) is 11.8. The van der Waals surface area contributed by atoms with E-state index >= 15 is 0 Å². The summed E-state index contributed by atoms with van der Waals surface area (Å²) in [6.45, 7) is 7.13. The highest BCUT2D eigenvalue weighted by atomic mass is 32.2. The summed E-state index contributed by atoms with van der Waals surface area (Å²) in [5, 5.41) is 3.47. The largest absolute Gasteiger partial charge is 0.330 e. The van der Waals surface area contributed by atoms with Gasteiger partial charge >= 0.3 is 0 Å². The monoisotopic (exact) mass is 252 g/mol. The van der Waals surface area contributed by atoms with Gasteiger partial charge in [-0.15, -0.1) is 11.8 Å². The highest BCUT2D eigenvalue weighted by molar-refractivity contribution is 7.98. The molecule has 1 aromatic carbocycles. The van der Waals surface area contributed by atoms with Gasteiger partial charge in [-0.3, -0.25) is 0 Å². The minimum absolute atomic E-state index is 0.246. The summed E-state index contributed by atoms with van der Waals surface area (Å²) < 4.78 is 0. The van der Waals surface area contributed by atoms with Crippen LogP contribution in [0.4, 0.5) is 0 Å². The highest BCUT2D eigenvalue weighted by Gasteiger charge is 2.14. The Balaban J connectivity index is 2.26. The molecule has 0 heterocycles. The van der Waals surface area contributed by atoms with E-state index in [9.17, 15) is 0 Å². The molecule has 0 spiro atoms. The van der Waals surface area contributed by atoms with Crippen molar-refractivity contribution >= 4 is 11.8 Å². The summed E-state index contributed by atoms with van der Waals surface area (Å²) in [7, 11) is 0. The SMILES string of the molecule is CSc1ccc(CNCCC(C)(C)CN)cc1. The fourth-order valence-electron chi connectivity index (χ4n) is 1.50. The minimum atomic E-state index is 0.246. The predicted molar refractivity (Wildman–Crippen MR) is 77.4 cm³/mol. The first-order valence-corrected chi connectivity index (χ1v) is 7.33. The van der Waals surface area contributed by atoms with E-state index in [1.54, 1.807) is 11.8 Å². The van der Waals surface area contributed by atoms with E-state index in [1.807, 2.05) is 0 Å². The quantitative estimate of drug-likeness (QED) is 0.579. The minimum Gasteiger partial charge on any atom is -0.330 e. The molecule has 0 bridgehead atoms. The van der Waals surface area contributed by atoms with Crippen LogP contribution in [0.5, 0.6) is 0 Å². The Hall–Kier alpha value is -0.510. The lowest BCUT2D eigenvalue weighted by Crippen LogP contribution is -2.28. The molecule has 0 saturated carbocycles. The van der Waals surface area contributed by atoms with Crippen molar-refractivity contribution in [1.29, 1.82) is 0 Å². The number of rotatable bonds is 7. The molecule has 0 fully saturated rings. The number of thioether (sulfide) groups is 1. The van der Waals surface area contributed by atoms with Crippen molar-refractivity contribution in [3.63, 3.8) is 0 Å². The van der Waals surface area contributed by atoms with Crippen LogP contribution in [-0.2, 0) is 6.54 Å². The van der Waals surface area contributed by atoms with Gasteiger partial charge in [0.1, 0.15) is 0 Å². The Kier molecular flexibility index (Phi) is 6.03. The third-order valence-electron chi connectivity index (χ3n) is 3.02. The van der Waals surface area contributed by atoms with E-state index in [2.05, 4.69) is 49.7 Å². The van der Waals surface area contributed by atoms with Crippen molar-refractivity contribution < 1.29 is 0 Å². The molecule has 0 aliphatic heterocycles. The maximum atomic E-state index is 5.70. The van der Waals surface area contributed by atoms with Gasteiger partial charge in [0.15, 0.2) is 0 Å². The summed E-state index contributed by atoms with van der Waals surface area (Å²) in [6, 6.07) is 8.72. The Bertz CT molecular complexity index is 319. The third kappa shape index (κ3) is 5.57. The lowest BCUT2D eigenvalue weighted by molar-refractivity contribution is 0.339. The molecule has 0 radical (unpaired) electrons. The second-order valence-electron chi connectivity index (χ2n) is 5.14. The number of hydrogen-bond acceptors (Lipinski definition) is 3. The highest BCUT2D eigenvalue weighted by Crippen LogP contribution is 2.17. The van der Waals surface area contributed by atoms with Gasteiger partial charge in [-0.05, 0) is 48.9 Å². The van der Waals surface area contributed by atoms with Gasteiger partial charge in [0, 0.05) is 11.4 Å². The van der Waals surface area contributed by atoms with Gasteiger partial charge in [0.2, 0.25) is 0 Å². The number of nitrogens with two attached hydrogens (primary N) is 1. The zero-order chi connectivity index (χ0) is 12.7.